The lowest BCUT2D eigenvalue weighted by molar-refractivity contribution is -0.126. The molecule has 1 unspecified atom stereocenters. The number of hydrogen-bond acceptors (Lipinski definition) is 4. The van der Waals surface area contributed by atoms with E-state index < -0.39 is 0 Å². The van der Waals surface area contributed by atoms with E-state index in [1.807, 2.05) is 55.3 Å². The zero-order chi connectivity index (χ0) is 16.1. The average molecular weight is 330 g/mol. The van der Waals surface area contributed by atoms with Gasteiger partial charge in [0.25, 0.3) is 0 Å². The first-order valence-electron chi connectivity index (χ1n) is 7.86. The van der Waals surface area contributed by atoms with E-state index in [0.717, 1.165) is 35.7 Å². The molecule has 1 aliphatic heterocycles. The van der Waals surface area contributed by atoms with E-state index in [1.165, 1.54) is 0 Å². The number of hydrogen-bond donors (Lipinski definition) is 1. The van der Waals surface area contributed by atoms with E-state index in [9.17, 15) is 4.79 Å². The third kappa shape index (κ3) is 4.14. The zero-order valence-corrected chi connectivity index (χ0v) is 14.1. The Hall–Kier alpha value is -1.79. The molecular formula is C17H22N4OS. The molecule has 2 aromatic rings. The van der Waals surface area contributed by atoms with Crippen LogP contribution < -0.4 is 5.32 Å². The summed E-state index contributed by atoms with van der Waals surface area (Å²) in [4.78, 5) is 15.1. The molecule has 1 fully saturated rings. The van der Waals surface area contributed by atoms with Gasteiger partial charge in [0.15, 0.2) is 0 Å². The molecule has 0 spiro atoms. The molecule has 1 aliphatic rings. The first-order chi connectivity index (χ1) is 11.2. The van der Waals surface area contributed by atoms with Crippen molar-refractivity contribution in [3.05, 3.63) is 53.9 Å². The van der Waals surface area contributed by atoms with Gasteiger partial charge in [0, 0.05) is 49.9 Å². The molecule has 0 saturated carbocycles. The van der Waals surface area contributed by atoms with E-state index in [1.54, 1.807) is 10.9 Å². The number of nitrogens with one attached hydrogen (secondary N) is 1. The highest BCUT2D eigenvalue weighted by atomic mass is 32.2. The molecule has 1 atom stereocenters. The number of rotatable bonds is 5. The minimum atomic E-state index is -0.214. The van der Waals surface area contributed by atoms with Gasteiger partial charge in [-0.15, -0.1) is 0 Å². The molecule has 122 valence electrons. The van der Waals surface area contributed by atoms with Crippen LogP contribution in [0, 0.1) is 0 Å². The number of benzene rings is 1. The van der Waals surface area contributed by atoms with Gasteiger partial charge in [0.2, 0.25) is 5.91 Å². The largest absolute Gasteiger partial charge is 0.350 e. The van der Waals surface area contributed by atoms with Gasteiger partial charge in [-0.2, -0.15) is 16.9 Å². The number of carbonyl (C=O) groups is 1. The standard InChI is InChI=1S/C17H22N4OS/c1-20-13-14(12-19-20)11-18-17(22)16(15-5-3-2-4-6-15)21-7-9-23-10-8-21/h2-6,12-13,16H,7-11H2,1H3,(H,18,22). The molecule has 0 radical (unpaired) electrons. The topological polar surface area (TPSA) is 50.2 Å². The minimum Gasteiger partial charge on any atom is -0.350 e. The fourth-order valence-corrected chi connectivity index (χ4v) is 3.78. The Kier molecular flexibility index (Phi) is 5.35. The summed E-state index contributed by atoms with van der Waals surface area (Å²) in [6.07, 6.45) is 3.71. The number of aryl methyl sites for hydroxylation is 1. The molecule has 3 rings (SSSR count). The quantitative estimate of drug-likeness (QED) is 0.909. The SMILES string of the molecule is Cn1cc(CNC(=O)C(c2ccccc2)N2CCSCC2)cn1. The Balaban J connectivity index is 1.72. The second-order valence-corrected chi connectivity index (χ2v) is 6.93. The monoisotopic (exact) mass is 330 g/mol. The van der Waals surface area contributed by atoms with Crippen LogP contribution in [0.3, 0.4) is 0 Å². The van der Waals surface area contributed by atoms with E-state index in [4.69, 9.17) is 0 Å². The third-order valence-electron chi connectivity index (χ3n) is 4.00. The second kappa shape index (κ2) is 7.66. The van der Waals surface area contributed by atoms with E-state index >= 15 is 0 Å². The summed E-state index contributed by atoms with van der Waals surface area (Å²) in [5.74, 6) is 2.23. The van der Waals surface area contributed by atoms with Crippen molar-refractivity contribution in [1.82, 2.24) is 20.0 Å². The maximum atomic E-state index is 12.8. The van der Waals surface area contributed by atoms with Crippen LogP contribution >= 0.6 is 11.8 Å². The van der Waals surface area contributed by atoms with Crippen molar-refractivity contribution in [1.29, 1.82) is 0 Å². The Labute approximate surface area is 141 Å². The molecule has 0 bridgehead atoms. The molecule has 1 aromatic carbocycles. The molecule has 1 N–H and O–H groups in total. The fourth-order valence-electron chi connectivity index (χ4n) is 2.85. The first-order valence-corrected chi connectivity index (χ1v) is 9.01. The summed E-state index contributed by atoms with van der Waals surface area (Å²) < 4.78 is 1.75. The molecule has 6 heteroatoms. The molecule has 23 heavy (non-hydrogen) atoms. The predicted octanol–water partition coefficient (Wildman–Crippen LogP) is 1.83. The Morgan fingerprint density at radius 1 is 1.30 bits per heavy atom. The number of amides is 1. The van der Waals surface area contributed by atoms with Crippen molar-refractivity contribution < 1.29 is 4.79 Å². The number of aromatic nitrogens is 2. The van der Waals surface area contributed by atoms with Crippen molar-refractivity contribution in [2.75, 3.05) is 24.6 Å². The molecular weight excluding hydrogens is 308 g/mol. The van der Waals surface area contributed by atoms with Gasteiger partial charge in [-0.25, -0.2) is 0 Å². The normalized spacial score (nSPS) is 16.9. The third-order valence-corrected chi connectivity index (χ3v) is 4.94. The highest BCUT2D eigenvalue weighted by Crippen LogP contribution is 2.24. The van der Waals surface area contributed by atoms with Gasteiger partial charge < -0.3 is 5.32 Å². The molecule has 2 heterocycles. The van der Waals surface area contributed by atoms with Gasteiger partial charge in [-0.05, 0) is 5.56 Å². The second-order valence-electron chi connectivity index (χ2n) is 5.70. The summed E-state index contributed by atoms with van der Waals surface area (Å²) >= 11 is 1.95. The Morgan fingerprint density at radius 2 is 2.04 bits per heavy atom. The summed E-state index contributed by atoms with van der Waals surface area (Å²) in [6.45, 7) is 2.41. The summed E-state index contributed by atoms with van der Waals surface area (Å²) in [5.41, 5.74) is 2.07. The van der Waals surface area contributed by atoms with Gasteiger partial charge >= 0.3 is 0 Å². The number of carbonyl (C=O) groups excluding carboxylic acids is 1. The van der Waals surface area contributed by atoms with E-state index in [-0.39, 0.29) is 11.9 Å². The fraction of sp³-hybridized carbons (Fsp3) is 0.412. The van der Waals surface area contributed by atoms with Crippen molar-refractivity contribution in [3.63, 3.8) is 0 Å². The highest BCUT2D eigenvalue weighted by Gasteiger charge is 2.28. The maximum absolute atomic E-state index is 12.8. The van der Waals surface area contributed by atoms with Crippen molar-refractivity contribution >= 4 is 17.7 Å². The van der Waals surface area contributed by atoms with Crippen LogP contribution in [0.1, 0.15) is 17.2 Å². The van der Waals surface area contributed by atoms with Crippen molar-refractivity contribution in [3.8, 4) is 0 Å². The van der Waals surface area contributed by atoms with Crippen LogP contribution in [0.5, 0.6) is 0 Å². The molecule has 1 amide bonds. The van der Waals surface area contributed by atoms with Crippen LogP contribution in [0.15, 0.2) is 42.7 Å². The smallest absolute Gasteiger partial charge is 0.242 e. The Bertz CT molecular complexity index is 637. The lowest BCUT2D eigenvalue weighted by Gasteiger charge is -2.33. The molecule has 1 saturated heterocycles. The van der Waals surface area contributed by atoms with E-state index in [2.05, 4.69) is 15.3 Å². The zero-order valence-electron chi connectivity index (χ0n) is 13.3. The number of thioether (sulfide) groups is 1. The van der Waals surface area contributed by atoms with Crippen molar-refractivity contribution in [2.24, 2.45) is 7.05 Å². The van der Waals surface area contributed by atoms with Crippen LogP contribution in [0.2, 0.25) is 0 Å². The number of nitrogens with zero attached hydrogens (tertiary/aromatic N) is 3. The highest BCUT2D eigenvalue weighted by molar-refractivity contribution is 7.99. The molecule has 5 nitrogen and oxygen atoms in total. The predicted molar refractivity (Wildman–Crippen MR) is 93.1 cm³/mol. The van der Waals surface area contributed by atoms with Gasteiger partial charge in [-0.1, -0.05) is 30.3 Å². The summed E-state index contributed by atoms with van der Waals surface area (Å²) in [6, 6.07) is 9.84. The molecule has 0 aliphatic carbocycles. The van der Waals surface area contributed by atoms with Gasteiger partial charge in [-0.3, -0.25) is 14.4 Å². The van der Waals surface area contributed by atoms with Crippen LogP contribution in [-0.4, -0.2) is 45.2 Å². The van der Waals surface area contributed by atoms with E-state index in [0.29, 0.717) is 6.54 Å². The van der Waals surface area contributed by atoms with Gasteiger partial charge in [0.05, 0.1) is 6.20 Å². The summed E-state index contributed by atoms with van der Waals surface area (Å²) in [7, 11) is 1.88. The van der Waals surface area contributed by atoms with Crippen molar-refractivity contribution in [2.45, 2.75) is 12.6 Å². The van der Waals surface area contributed by atoms with Crippen LogP contribution in [0.25, 0.3) is 0 Å². The van der Waals surface area contributed by atoms with Crippen LogP contribution in [0.4, 0.5) is 0 Å². The minimum absolute atomic E-state index is 0.0620. The Morgan fingerprint density at radius 3 is 2.70 bits per heavy atom. The molecule has 1 aromatic heterocycles. The van der Waals surface area contributed by atoms with Gasteiger partial charge in [0.1, 0.15) is 6.04 Å². The maximum Gasteiger partial charge on any atom is 0.242 e. The lowest BCUT2D eigenvalue weighted by Crippen LogP contribution is -2.44. The first kappa shape index (κ1) is 16.1. The lowest BCUT2D eigenvalue weighted by atomic mass is 10.0. The average Bonchev–Trinajstić information content (AvgIpc) is 3.01. The summed E-state index contributed by atoms with van der Waals surface area (Å²) in [5, 5.41) is 7.21. The van der Waals surface area contributed by atoms with Crippen LogP contribution in [-0.2, 0) is 18.4 Å².